The van der Waals surface area contributed by atoms with Gasteiger partial charge in [-0.25, -0.2) is 9.97 Å². The first-order chi connectivity index (χ1) is 23.8. The third-order valence-electron chi connectivity index (χ3n) is 9.26. The Morgan fingerprint density at radius 3 is 1.33 bits per heavy atom. The molecule has 0 amide bonds. The molecule has 1 aromatic heterocycles. The van der Waals surface area contributed by atoms with Crippen LogP contribution in [0.5, 0.6) is 0 Å². The maximum Gasteiger partial charge on any atom is 0.160 e. The summed E-state index contributed by atoms with van der Waals surface area (Å²) in [6.07, 6.45) is 0. The fourth-order valence-electron chi connectivity index (χ4n) is 6.99. The second kappa shape index (κ2) is 11.8. The Morgan fingerprint density at radius 2 is 0.688 bits per heavy atom. The summed E-state index contributed by atoms with van der Waals surface area (Å²) in [5.74, 6) is 0.718. The molecule has 0 spiro atoms. The van der Waals surface area contributed by atoms with Gasteiger partial charge in [0, 0.05) is 16.7 Å². The first kappa shape index (κ1) is 27.9. The smallest absolute Gasteiger partial charge is 0.160 e. The third kappa shape index (κ3) is 4.92. The van der Waals surface area contributed by atoms with E-state index >= 15 is 0 Å². The summed E-state index contributed by atoms with van der Waals surface area (Å²) in [5.41, 5.74) is 9.66. The molecule has 2 heteroatoms. The van der Waals surface area contributed by atoms with Crippen LogP contribution >= 0.6 is 0 Å². The van der Waals surface area contributed by atoms with Crippen molar-refractivity contribution in [2.45, 2.75) is 0 Å². The van der Waals surface area contributed by atoms with Gasteiger partial charge in [0.15, 0.2) is 5.82 Å². The number of aromatic nitrogens is 2. The molecule has 0 fully saturated rings. The lowest BCUT2D eigenvalue weighted by Gasteiger charge is -2.15. The zero-order valence-electron chi connectivity index (χ0n) is 26.2. The Labute approximate surface area is 279 Å². The highest BCUT2D eigenvalue weighted by Crippen LogP contribution is 2.41. The Balaban J connectivity index is 1.18. The Morgan fingerprint density at radius 1 is 0.271 bits per heavy atom. The zero-order chi connectivity index (χ0) is 31.9. The highest BCUT2D eigenvalue weighted by atomic mass is 14.9. The van der Waals surface area contributed by atoms with Crippen LogP contribution in [0.3, 0.4) is 0 Å². The molecule has 48 heavy (non-hydrogen) atoms. The van der Waals surface area contributed by atoms with Crippen molar-refractivity contribution in [1.29, 1.82) is 0 Å². The van der Waals surface area contributed by atoms with Crippen LogP contribution in [0.1, 0.15) is 0 Å². The molecule has 9 rings (SSSR count). The van der Waals surface area contributed by atoms with Gasteiger partial charge in [0.25, 0.3) is 0 Å². The minimum Gasteiger partial charge on any atom is -0.228 e. The molecule has 0 saturated heterocycles. The van der Waals surface area contributed by atoms with Crippen molar-refractivity contribution in [3.63, 3.8) is 0 Å². The van der Waals surface area contributed by atoms with Crippen LogP contribution in [0.15, 0.2) is 182 Å². The molecule has 0 aliphatic rings. The van der Waals surface area contributed by atoms with E-state index in [2.05, 4.69) is 146 Å². The number of nitrogens with zero attached hydrogens (tertiary/aromatic N) is 2. The number of hydrogen-bond donors (Lipinski definition) is 0. The van der Waals surface area contributed by atoms with Gasteiger partial charge >= 0.3 is 0 Å². The average molecular weight is 611 g/mol. The second-order valence-corrected chi connectivity index (χ2v) is 12.2. The molecule has 0 radical (unpaired) electrons. The Bertz CT molecular complexity index is 2500. The van der Waals surface area contributed by atoms with E-state index in [4.69, 9.17) is 9.97 Å². The zero-order valence-corrected chi connectivity index (χ0v) is 26.2. The minimum absolute atomic E-state index is 0.718. The fourth-order valence-corrected chi connectivity index (χ4v) is 6.99. The maximum atomic E-state index is 5.08. The summed E-state index contributed by atoms with van der Waals surface area (Å²) in [6.45, 7) is 0. The molecule has 0 saturated carbocycles. The van der Waals surface area contributed by atoms with E-state index < -0.39 is 0 Å². The molecule has 8 aromatic carbocycles. The van der Waals surface area contributed by atoms with Crippen LogP contribution in [-0.4, -0.2) is 9.97 Å². The molecule has 0 aliphatic heterocycles. The lowest BCUT2D eigenvalue weighted by atomic mass is 9.89. The third-order valence-corrected chi connectivity index (χ3v) is 9.26. The van der Waals surface area contributed by atoms with E-state index in [0.29, 0.717) is 0 Å². The summed E-state index contributed by atoms with van der Waals surface area (Å²) in [7, 11) is 0. The predicted octanol–water partition coefficient (Wildman–Crippen LogP) is 12.3. The monoisotopic (exact) mass is 610 g/mol. The van der Waals surface area contributed by atoms with Crippen LogP contribution in [0.25, 0.3) is 88.5 Å². The number of benzene rings is 8. The van der Waals surface area contributed by atoms with Gasteiger partial charge in [-0.1, -0.05) is 164 Å². The van der Waals surface area contributed by atoms with Crippen molar-refractivity contribution in [2.24, 2.45) is 0 Å². The van der Waals surface area contributed by atoms with E-state index in [9.17, 15) is 0 Å². The van der Waals surface area contributed by atoms with Gasteiger partial charge in [-0.3, -0.25) is 0 Å². The molecular weight excluding hydrogens is 581 g/mol. The van der Waals surface area contributed by atoms with Crippen molar-refractivity contribution >= 4 is 32.3 Å². The second-order valence-electron chi connectivity index (χ2n) is 12.2. The summed E-state index contributed by atoms with van der Waals surface area (Å²) >= 11 is 0. The number of hydrogen-bond acceptors (Lipinski definition) is 2. The topological polar surface area (TPSA) is 25.8 Å². The summed E-state index contributed by atoms with van der Waals surface area (Å²) in [4.78, 5) is 10.1. The molecule has 0 bridgehead atoms. The van der Waals surface area contributed by atoms with Crippen LogP contribution in [0.2, 0.25) is 0 Å². The molecule has 0 N–H and O–H groups in total. The van der Waals surface area contributed by atoms with E-state index in [-0.39, 0.29) is 0 Å². The standard InChI is InChI=1S/C46H30N2/c1-3-14-31(15-4-1)43-30-44(48-46(47-43)32-16-5-2-6-17-32)36-21-12-19-34(29-36)33-18-11-20-35(28-33)37-26-13-27-42-40-23-8-7-22-38(40)39-24-9-10-25-41(39)45(37)42/h1-30H. The quantitative estimate of drug-likeness (QED) is 0.181. The van der Waals surface area contributed by atoms with Crippen molar-refractivity contribution in [2.75, 3.05) is 0 Å². The molecule has 0 atom stereocenters. The van der Waals surface area contributed by atoms with E-state index in [0.717, 1.165) is 45.0 Å². The van der Waals surface area contributed by atoms with E-state index in [1.807, 2.05) is 36.4 Å². The molecule has 0 unspecified atom stereocenters. The Hall–Kier alpha value is -6.38. The molecule has 224 valence electrons. The SMILES string of the molecule is c1ccc(-c2cc(-c3cccc(-c4cccc(-c5cccc6c7ccccc7c7ccccc7c56)c4)c3)nc(-c3ccccc3)n2)cc1. The van der Waals surface area contributed by atoms with Crippen molar-refractivity contribution in [3.05, 3.63) is 182 Å². The van der Waals surface area contributed by atoms with Crippen molar-refractivity contribution < 1.29 is 0 Å². The van der Waals surface area contributed by atoms with Crippen molar-refractivity contribution in [3.8, 4) is 56.2 Å². The fraction of sp³-hybridized carbons (Fsp3) is 0. The van der Waals surface area contributed by atoms with Gasteiger partial charge < -0.3 is 0 Å². The van der Waals surface area contributed by atoms with Gasteiger partial charge in [-0.2, -0.15) is 0 Å². The summed E-state index contributed by atoms with van der Waals surface area (Å²) in [6, 6.07) is 64.5. The molecule has 0 aliphatic carbocycles. The van der Waals surface area contributed by atoms with E-state index in [1.165, 1.54) is 43.4 Å². The molecular formula is C46H30N2. The summed E-state index contributed by atoms with van der Waals surface area (Å²) in [5, 5.41) is 7.71. The number of fused-ring (bicyclic) bond motifs is 6. The van der Waals surface area contributed by atoms with Crippen LogP contribution < -0.4 is 0 Å². The van der Waals surface area contributed by atoms with Gasteiger partial charge in [0.2, 0.25) is 0 Å². The molecule has 2 nitrogen and oxygen atoms in total. The number of rotatable bonds is 5. The van der Waals surface area contributed by atoms with Crippen LogP contribution in [-0.2, 0) is 0 Å². The minimum atomic E-state index is 0.718. The van der Waals surface area contributed by atoms with Gasteiger partial charge in [-0.05, 0) is 72.8 Å². The first-order valence-electron chi connectivity index (χ1n) is 16.3. The average Bonchev–Trinajstić information content (AvgIpc) is 3.18. The van der Waals surface area contributed by atoms with Gasteiger partial charge in [0.1, 0.15) is 0 Å². The van der Waals surface area contributed by atoms with Gasteiger partial charge in [0.05, 0.1) is 11.4 Å². The lowest BCUT2D eigenvalue weighted by molar-refractivity contribution is 1.18. The highest BCUT2D eigenvalue weighted by Gasteiger charge is 2.14. The van der Waals surface area contributed by atoms with Crippen molar-refractivity contribution in [1.82, 2.24) is 9.97 Å². The lowest BCUT2D eigenvalue weighted by Crippen LogP contribution is -1.96. The van der Waals surface area contributed by atoms with Crippen LogP contribution in [0, 0.1) is 0 Å². The van der Waals surface area contributed by atoms with Gasteiger partial charge in [-0.15, -0.1) is 0 Å². The normalized spacial score (nSPS) is 11.3. The molecule has 1 heterocycles. The molecule has 9 aromatic rings. The maximum absolute atomic E-state index is 5.08. The summed E-state index contributed by atoms with van der Waals surface area (Å²) < 4.78 is 0. The Kier molecular flexibility index (Phi) is 6.84. The largest absolute Gasteiger partial charge is 0.228 e. The van der Waals surface area contributed by atoms with E-state index in [1.54, 1.807) is 0 Å². The van der Waals surface area contributed by atoms with Crippen LogP contribution in [0.4, 0.5) is 0 Å². The first-order valence-corrected chi connectivity index (χ1v) is 16.3. The predicted molar refractivity (Wildman–Crippen MR) is 202 cm³/mol. The highest BCUT2D eigenvalue weighted by molar-refractivity contribution is 6.28.